The fourth-order valence-electron chi connectivity index (χ4n) is 4.59. The van der Waals surface area contributed by atoms with E-state index in [9.17, 15) is 19.1 Å². The highest BCUT2D eigenvalue weighted by atomic mass is 35.5. The van der Waals surface area contributed by atoms with Gasteiger partial charge < -0.3 is 20.5 Å². The number of benzene rings is 5. The molecule has 0 saturated heterocycles. The third kappa shape index (κ3) is 7.39. The lowest BCUT2D eigenvalue weighted by Gasteiger charge is -2.18. The molecule has 5 aromatic rings. The van der Waals surface area contributed by atoms with Gasteiger partial charge in [0, 0.05) is 22.7 Å². The average Bonchev–Trinajstić information content (AvgIpc) is 3.00. The monoisotopic (exact) mass is 594 g/mol. The molecule has 0 aliphatic rings. The molecule has 0 aliphatic heterocycles. The number of aryl methyl sites for hydroxylation is 1. The number of para-hydroxylation sites is 2. The van der Waals surface area contributed by atoms with Gasteiger partial charge in [0.15, 0.2) is 0 Å². The molecule has 43 heavy (non-hydrogen) atoms. The molecular formula is C35H28ClFN2O4. The van der Waals surface area contributed by atoms with Gasteiger partial charge >= 0.3 is 5.97 Å². The molecule has 6 nitrogen and oxygen atoms in total. The Hall–Kier alpha value is -5.14. The van der Waals surface area contributed by atoms with E-state index in [4.69, 9.17) is 16.3 Å². The van der Waals surface area contributed by atoms with Crippen molar-refractivity contribution >= 4 is 34.9 Å². The smallest absolute Gasteiger partial charge is 0.326 e. The van der Waals surface area contributed by atoms with Crippen LogP contribution < -0.4 is 15.4 Å². The maximum Gasteiger partial charge on any atom is 0.326 e. The van der Waals surface area contributed by atoms with Gasteiger partial charge in [0.05, 0.1) is 11.3 Å². The number of rotatable bonds is 10. The number of halogens is 2. The largest absolute Gasteiger partial charge is 0.480 e. The molecule has 0 spiro atoms. The number of carboxylic acid groups (broad SMARTS) is 1. The second-order valence-electron chi connectivity index (χ2n) is 9.96. The summed E-state index contributed by atoms with van der Waals surface area (Å²) >= 11 is 6.18. The van der Waals surface area contributed by atoms with Crippen LogP contribution in [-0.2, 0) is 11.2 Å². The predicted octanol–water partition coefficient (Wildman–Crippen LogP) is 8.42. The van der Waals surface area contributed by atoms with E-state index in [0.29, 0.717) is 27.7 Å². The van der Waals surface area contributed by atoms with Crippen LogP contribution in [0.2, 0.25) is 5.02 Å². The number of hydrogen-bond acceptors (Lipinski definition) is 4. The lowest BCUT2D eigenvalue weighted by molar-refractivity contribution is -0.139. The minimum absolute atomic E-state index is 0.0595. The Morgan fingerprint density at radius 1 is 0.884 bits per heavy atom. The summed E-state index contributed by atoms with van der Waals surface area (Å²) in [5, 5.41) is 16.0. The van der Waals surface area contributed by atoms with Crippen LogP contribution >= 0.6 is 11.6 Å². The van der Waals surface area contributed by atoms with Gasteiger partial charge in [-0.3, -0.25) is 4.79 Å². The molecule has 8 heteroatoms. The third-order valence-electron chi connectivity index (χ3n) is 6.83. The molecule has 0 radical (unpaired) electrons. The van der Waals surface area contributed by atoms with E-state index < -0.39 is 17.9 Å². The standard InChI is InChI=1S/C35H28ClFN2O4/c1-22-19-26(16-17-30(22)37)38-31-18-15-25(36)21-29(31)34(40)39-32(35(41)42)20-23-11-13-24(14-12-23)28-9-5-6-10-33(28)43-27-7-3-2-4-8-27/h2-19,21,32,38H,20H2,1H3,(H,39,40)(H,41,42). The quantitative estimate of drug-likeness (QED) is 0.151. The van der Waals surface area contributed by atoms with Gasteiger partial charge in [-0.2, -0.15) is 0 Å². The van der Waals surface area contributed by atoms with Crippen molar-refractivity contribution in [2.75, 3.05) is 5.32 Å². The lowest BCUT2D eigenvalue weighted by Crippen LogP contribution is -2.42. The molecular weight excluding hydrogens is 567 g/mol. The number of anilines is 2. The highest BCUT2D eigenvalue weighted by Crippen LogP contribution is 2.33. The van der Waals surface area contributed by atoms with Crippen LogP contribution in [0.5, 0.6) is 11.5 Å². The van der Waals surface area contributed by atoms with E-state index in [2.05, 4.69) is 10.6 Å². The second kappa shape index (κ2) is 13.2. The van der Waals surface area contributed by atoms with Crippen molar-refractivity contribution in [1.29, 1.82) is 0 Å². The van der Waals surface area contributed by atoms with Gasteiger partial charge in [-0.15, -0.1) is 0 Å². The SMILES string of the molecule is Cc1cc(Nc2ccc(Cl)cc2C(=O)NC(Cc2ccc(-c3ccccc3Oc3ccccc3)cc2)C(=O)O)ccc1F. The number of carboxylic acids is 1. The predicted molar refractivity (Wildman–Crippen MR) is 167 cm³/mol. The van der Waals surface area contributed by atoms with Crippen LogP contribution in [0.15, 0.2) is 115 Å². The van der Waals surface area contributed by atoms with Gasteiger partial charge in [-0.1, -0.05) is 72.3 Å². The molecule has 1 atom stereocenters. The molecule has 0 fully saturated rings. The first-order valence-corrected chi connectivity index (χ1v) is 13.9. The van der Waals surface area contributed by atoms with Crippen LogP contribution in [0, 0.1) is 12.7 Å². The topological polar surface area (TPSA) is 87.7 Å². The van der Waals surface area contributed by atoms with E-state index in [0.717, 1.165) is 22.4 Å². The van der Waals surface area contributed by atoms with Gasteiger partial charge in [-0.25, -0.2) is 9.18 Å². The van der Waals surface area contributed by atoms with E-state index in [1.165, 1.54) is 12.1 Å². The first-order valence-electron chi connectivity index (χ1n) is 13.5. The molecule has 5 rings (SSSR count). The van der Waals surface area contributed by atoms with Crippen LogP contribution in [0.25, 0.3) is 11.1 Å². The summed E-state index contributed by atoms with van der Waals surface area (Å²) in [4.78, 5) is 25.5. The summed E-state index contributed by atoms with van der Waals surface area (Å²) in [5.74, 6) is -0.720. The van der Waals surface area contributed by atoms with E-state index in [1.807, 2.05) is 78.9 Å². The fourth-order valence-corrected chi connectivity index (χ4v) is 4.77. The van der Waals surface area contributed by atoms with Crippen LogP contribution in [0.4, 0.5) is 15.8 Å². The summed E-state index contributed by atoms with van der Waals surface area (Å²) in [6.45, 7) is 1.64. The van der Waals surface area contributed by atoms with Gasteiger partial charge in [-0.05, 0) is 78.2 Å². The maximum atomic E-state index is 13.7. The summed E-state index contributed by atoms with van der Waals surface area (Å²) in [6, 6.07) is 32.6. The average molecular weight is 595 g/mol. The minimum atomic E-state index is -1.20. The first kappa shape index (κ1) is 29.4. The highest BCUT2D eigenvalue weighted by Gasteiger charge is 2.23. The van der Waals surface area contributed by atoms with Gasteiger partial charge in [0.25, 0.3) is 5.91 Å². The Kier molecular flexibility index (Phi) is 9.03. The second-order valence-corrected chi connectivity index (χ2v) is 10.4. The van der Waals surface area contributed by atoms with Crippen molar-refractivity contribution in [2.45, 2.75) is 19.4 Å². The van der Waals surface area contributed by atoms with Crippen molar-refractivity contribution in [3.8, 4) is 22.6 Å². The Morgan fingerprint density at radius 2 is 1.60 bits per heavy atom. The number of amides is 1. The number of nitrogens with one attached hydrogen (secondary N) is 2. The highest BCUT2D eigenvalue weighted by molar-refractivity contribution is 6.31. The van der Waals surface area contributed by atoms with Crippen molar-refractivity contribution < 1.29 is 23.8 Å². The number of hydrogen-bond donors (Lipinski definition) is 3. The van der Waals surface area contributed by atoms with Crippen molar-refractivity contribution in [1.82, 2.24) is 5.32 Å². The Balaban J connectivity index is 1.32. The van der Waals surface area contributed by atoms with Crippen LogP contribution in [-0.4, -0.2) is 23.0 Å². The number of ether oxygens (including phenoxy) is 1. The Morgan fingerprint density at radius 3 is 2.33 bits per heavy atom. The minimum Gasteiger partial charge on any atom is -0.480 e. The Labute approximate surface area is 253 Å². The van der Waals surface area contributed by atoms with E-state index in [1.54, 1.807) is 31.2 Å². The van der Waals surface area contributed by atoms with Crippen molar-refractivity contribution in [3.63, 3.8) is 0 Å². The van der Waals surface area contributed by atoms with Crippen molar-refractivity contribution in [3.05, 3.63) is 143 Å². The molecule has 5 aromatic carbocycles. The summed E-state index contributed by atoms with van der Waals surface area (Å²) in [5.41, 5.74) is 4.08. The first-order chi connectivity index (χ1) is 20.8. The van der Waals surface area contributed by atoms with Crippen molar-refractivity contribution in [2.24, 2.45) is 0 Å². The number of aliphatic carboxylic acids is 1. The fraction of sp³-hybridized carbons (Fsp3) is 0.0857. The van der Waals surface area contributed by atoms with Gasteiger partial charge in [0.1, 0.15) is 23.4 Å². The molecule has 0 bridgehead atoms. The zero-order chi connectivity index (χ0) is 30.3. The zero-order valence-electron chi connectivity index (χ0n) is 23.2. The molecule has 216 valence electrons. The zero-order valence-corrected chi connectivity index (χ0v) is 23.9. The molecule has 0 heterocycles. The summed E-state index contributed by atoms with van der Waals surface area (Å²) in [6.07, 6.45) is 0.0595. The number of carbonyl (C=O) groups is 2. The molecule has 1 amide bonds. The normalized spacial score (nSPS) is 11.4. The third-order valence-corrected chi connectivity index (χ3v) is 7.06. The van der Waals surface area contributed by atoms with E-state index in [-0.39, 0.29) is 17.8 Å². The molecule has 3 N–H and O–H groups in total. The Bertz CT molecular complexity index is 1760. The number of carbonyl (C=O) groups excluding carboxylic acids is 1. The van der Waals surface area contributed by atoms with Gasteiger partial charge in [0.2, 0.25) is 0 Å². The lowest BCUT2D eigenvalue weighted by atomic mass is 9.99. The van der Waals surface area contributed by atoms with Crippen LogP contribution in [0.3, 0.4) is 0 Å². The molecule has 0 saturated carbocycles. The van der Waals surface area contributed by atoms with Crippen LogP contribution in [0.1, 0.15) is 21.5 Å². The summed E-state index contributed by atoms with van der Waals surface area (Å²) in [7, 11) is 0. The maximum absolute atomic E-state index is 13.7. The molecule has 0 aromatic heterocycles. The van der Waals surface area contributed by atoms with E-state index >= 15 is 0 Å². The summed E-state index contributed by atoms with van der Waals surface area (Å²) < 4.78 is 19.8. The molecule has 0 aliphatic carbocycles. The molecule has 1 unspecified atom stereocenters.